The molecule has 1 aliphatic heterocycles. The van der Waals surface area contributed by atoms with Gasteiger partial charge in [-0.05, 0) is 50.4 Å². The monoisotopic (exact) mass is 270 g/mol. The van der Waals surface area contributed by atoms with Crippen molar-refractivity contribution in [1.82, 2.24) is 10.3 Å². The van der Waals surface area contributed by atoms with Crippen LogP contribution in [0, 0.1) is 5.92 Å². The first-order valence-electron chi connectivity index (χ1n) is 6.14. The number of ether oxygens (including phenoxy) is 1. The number of piperidine rings is 1. The molecular weight excluding hydrogens is 252 g/mol. The maximum Gasteiger partial charge on any atom is 0.338 e. The van der Waals surface area contributed by atoms with E-state index in [4.69, 9.17) is 4.74 Å². The molecule has 4 nitrogen and oxygen atoms in total. The highest BCUT2D eigenvalue weighted by molar-refractivity contribution is 5.89. The molecule has 0 amide bonds. The Balaban J connectivity index is 0.00000162. The van der Waals surface area contributed by atoms with Crippen molar-refractivity contribution >= 4 is 18.4 Å². The van der Waals surface area contributed by atoms with E-state index in [0.717, 1.165) is 19.5 Å². The standard InChI is InChI=1S/C13H18N2O2.ClH/c16-13(12-3-7-14-8-4-12)17-9-5-11-2-1-6-15-10-11;/h3-4,7-8,11,15H,1-2,5-6,9-10H2;1H. The summed E-state index contributed by atoms with van der Waals surface area (Å²) in [4.78, 5) is 15.5. The number of halogens is 1. The van der Waals surface area contributed by atoms with Gasteiger partial charge in [0, 0.05) is 12.4 Å². The molecule has 0 aliphatic carbocycles. The maximum absolute atomic E-state index is 11.6. The van der Waals surface area contributed by atoms with Crippen LogP contribution in [0.15, 0.2) is 24.5 Å². The van der Waals surface area contributed by atoms with Gasteiger partial charge >= 0.3 is 5.97 Å². The van der Waals surface area contributed by atoms with Gasteiger partial charge in [0.25, 0.3) is 0 Å². The second-order valence-electron chi connectivity index (χ2n) is 4.37. The fourth-order valence-electron chi connectivity index (χ4n) is 2.06. The van der Waals surface area contributed by atoms with E-state index < -0.39 is 0 Å². The second kappa shape index (κ2) is 8.06. The predicted octanol–water partition coefficient (Wildman–Crippen LogP) is 2.05. The van der Waals surface area contributed by atoms with Crippen LogP contribution in [0.3, 0.4) is 0 Å². The molecule has 2 heterocycles. The van der Waals surface area contributed by atoms with Crippen LogP contribution in [0.2, 0.25) is 0 Å². The lowest BCUT2D eigenvalue weighted by molar-refractivity contribution is 0.0477. The highest BCUT2D eigenvalue weighted by Crippen LogP contribution is 2.14. The van der Waals surface area contributed by atoms with Gasteiger partial charge in [-0.1, -0.05) is 0 Å². The Morgan fingerprint density at radius 3 is 2.89 bits per heavy atom. The van der Waals surface area contributed by atoms with Crippen molar-refractivity contribution in [3.8, 4) is 0 Å². The van der Waals surface area contributed by atoms with Crippen LogP contribution < -0.4 is 5.32 Å². The quantitative estimate of drug-likeness (QED) is 0.851. The van der Waals surface area contributed by atoms with Gasteiger partial charge in [0.05, 0.1) is 12.2 Å². The van der Waals surface area contributed by atoms with Gasteiger partial charge in [0.1, 0.15) is 0 Å². The summed E-state index contributed by atoms with van der Waals surface area (Å²) in [5, 5.41) is 3.36. The number of nitrogens with zero attached hydrogens (tertiary/aromatic N) is 1. The summed E-state index contributed by atoms with van der Waals surface area (Å²) >= 11 is 0. The molecule has 0 aromatic carbocycles. The van der Waals surface area contributed by atoms with E-state index in [1.54, 1.807) is 24.5 Å². The molecule has 1 atom stereocenters. The lowest BCUT2D eigenvalue weighted by Crippen LogP contribution is -2.30. The van der Waals surface area contributed by atoms with Crippen molar-refractivity contribution in [2.24, 2.45) is 5.92 Å². The van der Waals surface area contributed by atoms with E-state index >= 15 is 0 Å². The summed E-state index contributed by atoms with van der Waals surface area (Å²) < 4.78 is 5.24. The van der Waals surface area contributed by atoms with Crippen molar-refractivity contribution < 1.29 is 9.53 Å². The van der Waals surface area contributed by atoms with Gasteiger partial charge in [0.2, 0.25) is 0 Å². The average Bonchev–Trinajstić information content (AvgIpc) is 2.41. The molecule has 2 rings (SSSR count). The van der Waals surface area contributed by atoms with E-state index in [0.29, 0.717) is 18.1 Å². The number of pyridine rings is 1. The molecule has 1 fully saturated rings. The molecule has 1 aliphatic rings. The highest BCUT2D eigenvalue weighted by Gasteiger charge is 2.13. The Morgan fingerprint density at radius 1 is 1.44 bits per heavy atom. The molecule has 1 N–H and O–H groups in total. The fourth-order valence-corrected chi connectivity index (χ4v) is 2.06. The molecule has 1 aromatic rings. The maximum atomic E-state index is 11.6. The van der Waals surface area contributed by atoms with Gasteiger partial charge in [0.15, 0.2) is 0 Å². The van der Waals surface area contributed by atoms with Crippen molar-refractivity contribution in [2.45, 2.75) is 19.3 Å². The summed E-state index contributed by atoms with van der Waals surface area (Å²) in [6.45, 7) is 2.67. The molecule has 1 unspecified atom stereocenters. The Kier molecular flexibility index (Phi) is 6.68. The molecule has 1 saturated heterocycles. The first-order chi connectivity index (χ1) is 8.36. The van der Waals surface area contributed by atoms with Crippen molar-refractivity contribution in [1.29, 1.82) is 0 Å². The summed E-state index contributed by atoms with van der Waals surface area (Å²) in [5.74, 6) is 0.394. The van der Waals surface area contributed by atoms with E-state index in [1.807, 2.05) is 0 Å². The molecule has 0 bridgehead atoms. The summed E-state index contributed by atoms with van der Waals surface area (Å²) in [6, 6.07) is 3.34. The largest absolute Gasteiger partial charge is 0.462 e. The number of carbonyl (C=O) groups is 1. The molecule has 0 spiro atoms. The first kappa shape index (κ1) is 14.9. The average molecular weight is 271 g/mol. The smallest absolute Gasteiger partial charge is 0.338 e. The molecule has 18 heavy (non-hydrogen) atoms. The van der Waals surface area contributed by atoms with Crippen LogP contribution in [-0.2, 0) is 4.74 Å². The molecule has 1 aromatic heterocycles. The fraction of sp³-hybridized carbons (Fsp3) is 0.538. The van der Waals surface area contributed by atoms with Crippen molar-refractivity contribution in [3.63, 3.8) is 0 Å². The lowest BCUT2D eigenvalue weighted by Gasteiger charge is -2.22. The van der Waals surface area contributed by atoms with Crippen LogP contribution in [0.25, 0.3) is 0 Å². The van der Waals surface area contributed by atoms with Crippen molar-refractivity contribution in [3.05, 3.63) is 30.1 Å². The summed E-state index contributed by atoms with van der Waals surface area (Å²) in [7, 11) is 0. The van der Waals surface area contributed by atoms with Gasteiger partial charge < -0.3 is 10.1 Å². The van der Waals surface area contributed by atoms with Gasteiger partial charge in [-0.25, -0.2) is 4.79 Å². The molecule has 5 heteroatoms. The van der Waals surface area contributed by atoms with Crippen LogP contribution in [0.1, 0.15) is 29.6 Å². The first-order valence-corrected chi connectivity index (χ1v) is 6.14. The Bertz CT molecular complexity index is 353. The van der Waals surface area contributed by atoms with Gasteiger partial charge in [-0.15, -0.1) is 12.4 Å². The number of carbonyl (C=O) groups excluding carboxylic acids is 1. The zero-order valence-corrected chi connectivity index (χ0v) is 11.1. The molecule has 100 valence electrons. The predicted molar refractivity (Wildman–Crippen MR) is 72.0 cm³/mol. The third kappa shape index (κ3) is 4.63. The van der Waals surface area contributed by atoms with Crippen LogP contribution in [0.5, 0.6) is 0 Å². The number of nitrogens with one attached hydrogen (secondary N) is 1. The minimum absolute atomic E-state index is 0. The zero-order chi connectivity index (χ0) is 11.9. The Morgan fingerprint density at radius 2 is 2.22 bits per heavy atom. The lowest BCUT2D eigenvalue weighted by atomic mass is 9.97. The zero-order valence-electron chi connectivity index (χ0n) is 10.3. The van der Waals surface area contributed by atoms with Gasteiger partial charge in [-0.2, -0.15) is 0 Å². The molecule has 0 saturated carbocycles. The van der Waals surface area contributed by atoms with Crippen LogP contribution in [0.4, 0.5) is 0 Å². The summed E-state index contributed by atoms with van der Waals surface area (Å²) in [6.07, 6.45) is 6.61. The number of hydrogen-bond donors (Lipinski definition) is 1. The third-order valence-electron chi connectivity index (χ3n) is 3.07. The van der Waals surface area contributed by atoms with E-state index in [9.17, 15) is 4.79 Å². The van der Waals surface area contributed by atoms with Crippen LogP contribution >= 0.6 is 12.4 Å². The van der Waals surface area contributed by atoms with E-state index in [1.165, 1.54) is 12.8 Å². The van der Waals surface area contributed by atoms with Crippen LogP contribution in [-0.4, -0.2) is 30.6 Å². The van der Waals surface area contributed by atoms with Gasteiger partial charge in [-0.3, -0.25) is 4.98 Å². The number of rotatable bonds is 4. The SMILES string of the molecule is Cl.O=C(OCCC1CCCNC1)c1ccncc1. The third-order valence-corrected chi connectivity index (χ3v) is 3.07. The highest BCUT2D eigenvalue weighted by atomic mass is 35.5. The topological polar surface area (TPSA) is 51.2 Å². The minimum atomic E-state index is -0.254. The minimum Gasteiger partial charge on any atom is -0.462 e. The Labute approximate surface area is 114 Å². The second-order valence-corrected chi connectivity index (χ2v) is 4.37. The van der Waals surface area contributed by atoms with E-state index in [-0.39, 0.29) is 18.4 Å². The van der Waals surface area contributed by atoms with Crippen molar-refractivity contribution in [2.75, 3.05) is 19.7 Å². The number of esters is 1. The molecular formula is C13H19ClN2O2. The molecule has 0 radical (unpaired) electrons. The normalized spacial score (nSPS) is 18.8. The number of hydrogen-bond acceptors (Lipinski definition) is 4. The summed E-state index contributed by atoms with van der Waals surface area (Å²) in [5.41, 5.74) is 0.571. The number of aromatic nitrogens is 1. The van der Waals surface area contributed by atoms with E-state index in [2.05, 4.69) is 10.3 Å². The Hall–Kier alpha value is -1.13.